The van der Waals surface area contributed by atoms with Crippen molar-refractivity contribution >= 4 is 23.0 Å². The van der Waals surface area contributed by atoms with Crippen LogP contribution in [0.2, 0.25) is 0 Å². The van der Waals surface area contributed by atoms with Gasteiger partial charge in [-0.15, -0.1) is 11.3 Å². The highest BCUT2D eigenvalue weighted by Gasteiger charge is 2.33. The van der Waals surface area contributed by atoms with E-state index in [1.165, 1.54) is 11.3 Å². The van der Waals surface area contributed by atoms with E-state index in [2.05, 4.69) is 5.32 Å². The molecule has 18 heavy (non-hydrogen) atoms. The zero-order chi connectivity index (χ0) is 13.0. The number of amides is 1. The van der Waals surface area contributed by atoms with Crippen LogP contribution >= 0.6 is 11.3 Å². The first kappa shape index (κ1) is 13.2. The fraction of sp³-hybridized carbons (Fsp3) is 0.538. The van der Waals surface area contributed by atoms with Crippen LogP contribution in [0.1, 0.15) is 41.8 Å². The molecule has 0 saturated heterocycles. The summed E-state index contributed by atoms with van der Waals surface area (Å²) < 4.78 is 0. The molecule has 1 aromatic rings. The summed E-state index contributed by atoms with van der Waals surface area (Å²) in [6.07, 6.45) is 3.40. The van der Waals surface area contributed by atoms with Crippen LogP contribution in [0.4, 0.5) is 0 Å². The Balaban J connectivity index is 1.76. The number of nitrogens with one attached hydrogen (secondary N) is 1. The molecule has 0 bridgehead atoms. The van der Waals surface area contributed by atoms with E-state index in [9.17, 15) is 14.7 Å². The summed E-state index contributed by atoms with van der Waals surface area (Å²) in [5.41, 5.74) is -0.851. The fourth-order valence-electron chi connectivity index (χ4n) is 2.27. The van der Waals surface area contributed by atoms with Gasteiger partial charge in [-0.25, -0.2) is 0 Å². The van der Waals surface area contributed by atoms with Gasteiger partial charge in [-0.3, -0.25) is 9.59 Å². The van der Waals surface area contributed by atoms with Gasteiger partial charge in [-0.05, 0) is 24.3 Å². The summed E-state index contributed by atoms with van der Waals surface area (Å²) in [4.78, 5) is 24.0. The zero-order valence-electron chi connectivity index (χ0n) is 10.1. The predicted molar refractivity (Wildman–Crippen MR) is 69.7 cm³/mol. The summed E-state index contributed by atoms with van der Waals surface area (Å²) in [7, 11) is 0. The molecule has 0 radical (unpaired) electrons. The van der Waals surface area contributed by atoms with E-state index in [1.54, 1.807) is 12.1 Å². The molecule has 5 heteroatoms. The molecule has 1 fully saturated rings. The Labute approximate surface area is 110 Å². The van der Waals surface area contributed by atoms with Crippen molar-refractivity contribution in [3.8, 4) is 0 Å². The van der Waals surface area contributed by atoms with Gasteiger partial charge in [0, 0.05) is 0 Å². The molecular weight excluding hydrogens is 250 g/mol. The van der Waals surface area contributed by atoms with E-state index in [4.69, 9.17) is 0 Å². The second-order valence-electron chi connectivity index (χ2n) is 4.79. The van der Waals surface area contributed by atoms with Crippen molar-refractivity contribution in [2.45, 2.75) is 37.7 Å². The minimum atomic E-state index is -0.851. The van der Waals surface area contributed by atoms with Gasteiger partial charge in [-0.2, -0.15) is 0 Å². The molecule has 0 unspecified atom stereocenters. The first-order valence-electron chi connectivity index (χ1n) is 6.15. The Morgan fingerprint density at radius 1 is 1.39 bits per heavy atom. The van der Waals surface area contributed by atoms with Crippen LogP contribution in [-0.4, -0.2) is 28.9 Å². The average molecular weight is 267 g/mol. The number of aliphatic hydroxyl groups is 1. The molecule has 0 spiro atoms. The minimum Gasteiger partial charge on any atom is -0.389 e. The smallest absolute Gasteiger partial charge is 0.223 e. The van der Waals surface area contributed by atoms with Crippen LogP contribution in [0.3, 0.4) is 0 Å². The molecule has 2 rings (SSSR count). The number of thiophene rings is 1. The Bertz CT molecular complexity index is 421. The zero-order valence-corrected chi connectivity index (χ0v) is 11.0. The number of carbonyl (C=O) groups is 2. The number of hydrogen-bond donors (Lipinski definition) is 2. The van der Waals surface area contributed by atoms with Crippen LogP contribution in [0.25, 0.3) is 0 Å². The van der Waals surface area contributed by atoms with Crippen molar-refractivity contribution in [2.24, 2.45) is 0 Å². The number of hydrogen-bond acceptors (Lipinski definition) is 4. The van der Waals surface area contributed by atoms with Crippen LogP contribution in [-0.2, 0) is 4.79 Å². The number of Topliss-reactive ketones (excluding diaryl/α,β-unsaturated/α-hetero) is 1. The Morgan fingerprint density at radius 2 is 2.11 bits per heavy atom. The fourth-order valence-corrected chi connectivity index (χ4v) is 2.94. The second-order valence-corrected chi connectivity index (χ2v) is 5.73. The van der Waals surface area contributed by atoms with Gasteiger partial charge in [0.1, 0.15) is 0 Å². The quantitative estimate of drug-likeness (QED) is 0.799. The maximum Gasteiger partial charge on any atom is 0.223 e. The molecule has 4 nitrogen and oxygen atoms in total. The van der Waals surface area contributed by atoms with E-state index in [1.807, 2.05) is 5.38 Å². The van der Waals surface area contributed by atoms with E-state index in [0.29, 0.717) is 17.7 Å². The second kappa shape index (κ2) is 5.63. The van der Waals surface area contributed by atoms with Gasteiger partial charge >= 0.3 is 0 Å². The standard InChI is InChI=1S/C13H17NO3S/c15-10(11-4-3-7-18-11)9-14-12(16)8-13(17)5-1-2-6-13/h3-4,7,17H,1-2,5-6,8-9H2,(H,14,16). The predicted octanol–water partition coefficient (Wildman–Crippen LogP) is 1.74. The molecule has 1 heterocycles. The molecule has 1 saturated carbocycles. The molecular formula is C13H17NO3S. The van der Waals surface area contributed by atoms with Crippen LogP contribution in [0, 0.1) is 0 Å². The van der Waals surface area contributed by atoms with E-state index < -0.39 is 5.60 Å². The van der Waals surface area contributed by atoms with Crippen LogP contribution in [0.5, 0.6) is 0 Å². The third kappa shape index (κ3) is 3.40. The minimum absolute atomic E-state index is 0.00935. The van der Waals surface area contributed by atoms with Crippen LogP contribution in [0.15, 0.2) is 17.5 Å². The van der Waals surface area contributed by atoms with Gasteiger partial charge in [0.05, 0.1) is 23.4 Å². The number of ketones is 1. The molecule has 1 aromatic heterocycles. The van der Waals surface area contributed by atoms with Gasteiger partial charge < -0.3 is 10.4 Å². The molecule has 1 amide bonds. The molecule has 2 N–H and O–H groups in total. The lowest BCUT2D eigenvalue weighted by Crippen LogP contribution is -2.36. The molecule has 0 aliphatic heterocycles. The molecule has 0 aromatic carbocycles. The summed E-state index contributed by atoms with van der Waals surface area (Å²) >= 11 is 1.36. The molecule has 1 aliphatic carbocycles. The first-order valence-corrected chi connectivity index (χ1v) is 7.03. The van der Waals surface area contributed by atoms with E-state index in [0.717, 1.165) is 12.8 Å². The van der Waals surface area contributed by atoms with Crippen molar-refractivity contribution in [1.82, 2.24) is 5.32 Å². The molecule has 98 valence electrons. The summed E-state index contributed by atoms with van der Waals surface area (Å²) in [6.45, 7) is 0.00935. The Morgan fingerprint density at radius 3 is 2.72 bits per heavy atom. The van der Waals surface area contributed by atoms with Crippen LogP contribution < -0.4 is 5.32 Å². The highest BCUT2D eigenvalue weighted by Crippen LogP contribution is 2.32. The summed E-state index contributed by atoms with van der Waals surface area (Å²) in [6, 6.07) is 3.55. The third-order valence-electron chi connectivity index (χ3n) is 3.27. The summed E-state index contributed by atoms with van der Waals surface area (Å²) in [5, 5.41) is 14.5. The monoisotopic (exact) mass is 267 g/mol. The third-order valence-corrected chi connectivity index (χ3v) is 4.18. The van der Waals surface area contributed by atoms with Crippen molar-refractivity contribution in [3.05, 3.63) is 22.4 Å². The average Bonchev–Trinajstić information content (AvgIpc) is 2.97. The Kier molecular flexibility index (Phi) is 4.14. The molecule has 0 atom stereocenters. The van der Waals surface area contributed by atoms with Gasteiger partial charge in [0.2, 0.25) is 5.91 Å². The van der Waals surface area contributed by atoms with Gasteiger partial charge in [-0.1, -0.05) is 18.9 Å². The lowest BCUT2D eigenvalue weighted by atomic mass is 9.98. The van der Waals surface area contributed by atoms with Crippen molar-refractivity contribution in [2.75, 3.05) is 6.54 Å². The first-order chi connectivity index (χ1) is 8.59. The number of rotatable bonds is 5. The Hall–Kier alpha value is -1.20. The summed E-state index contributed by atoms with van der Waals surface area (Å²) in [5.74, 6) is -0.332. The molecule has 1 aliphatic rings. The van der Waals surface area contributed by atoms with Crippen molar-refractivity contribution in [3.63, 3.8) is 0 Å². The van der Waals surface area contributed by atoms with Crippen molar-refractivity contribution in [1.29, 1.82) is 0 Å². The SMILES string of the molecule is O=C(CC1(O)CCCC1)NCC(=O)c1cccs1. The van der Waals surface area contributed by atoms with Gasteiger partial charge in [0.15, 0.2) is 5.78 Å². The lowest BCUT2D eigenvalue weighted by Gasteiger charge is -2.20. The maximum absolute atomic E-state index is 11.7. The van der Waals surface area contributed by atoms with Gasteiger partial charge in [0.25, 0.3) is 0 Å². The topological polar surface area (TPSA) is 66.4 Å². The highest BCUT2D eigenvalue weighted by molar-refractivity contribution is 7.12. The lowest BCUT2D eigenvalue weighted by molar-refractivity contribution is -0.125. The van der Waals surface area contributed by atoms with E-state index >= 15 is 0 Å². The van der Waals surface area contributed by atoms with E-state index in [-0.39, 0.29) is 24.7 Å². The largest absolute Gasteiger partial charge is 0.389 e. The maximum atomic E-state index is 11.7. The number of carbonyl (C=O) groups excluding carboxylic acids is 2. The normalized spacial score (nSPS) is 17.6. The highest BCUT2D eigenvalue weighted by atomic mass is 32.1. The van der Waals surface area contributed by atoms with Crippen molar-refractivity contribution < 1.29 is 14.7 Å².